The van der Waals surface area contributed by atoms with E-state index in [-0.39, 0.29) is 12.3 Å². The van der Waals surface area contributed by atoms with Gasteiger partial charge in [0.1, 0.15) is 12.4 Å². The molecule has 0 unspecified atom stereocenters. The summed E-state index contributed by atoms with van der Waals surface area (Å²) in [7, 11) is 0. The molecule has 0 aliphatic carbocycles. The first-order chi connectivity index (χ1) is 12.5. The molecule has 6 heteroatoms. The van der Waals surface area contributed by atoms with Crippen molar-refractivity contribution in [3.05, 3.63) is 94.5 Å². The molecule has 0 bridgehead atoms. The van der Waals surface area contributed by atoms with E-state index in [0.29, 0.717) is 16.3 Å². The van der Waals surface area contributed by atoms with Crippen LogP contribution in [0.1, 0.15) is 15.9 Å². The zero-order chi connectivity index (χ0) is 18.5. The van der Waals surface area contributed by atoms with Crippen LogP contribution in [0.25, 0.3) is 0 Å². The van der Waals surface area contributed by atoms with E-state index < -0.39 is 17.5 Å². The molecular weight excluding hydrogens is 360 g/mol. The first-order valence-electron chi connectivity index (χ1n) is 7.75. The molecule has 3 aromatic rings. The van der Waals surface area contributed by atoms with Crippen LogP contribution in [0.5, 0.6) is 5.75 Å². The van der Waals surface area contributed by atoms with Crippen molar-refractivity contribution in [2.75, 3.05) is 5.32 Å². The molecule has 0 aliphatic heterocycles. The molecule has 0 saturated heterocycles. The van der Waals surface area contributed by atoms with Gasteiger partial charge in [0.15, 0.2) is 11.6 Å². The third-order valence-electron chi connectivity index (χ3n) is 3.63. The van der Waals surface area contributed by atoms with E-state index in [1.807, 2.05) is 18.2 Å². The third kappa shape index (κ3) is 4.37. The molecule has 1 N–H and O–H groups in total. The van der Waals surface area contributed by atoms with E-state index in [0.717, 1.165) is 17.7 Å². The molecule has 0 atom stereocenters. The Kier molecular flexibility index (Phi) is 5.49. The van der Waals surface area contributed by atoms with Crippen LogP contribution in [0.2, 0.25) is 5.02 Å². The Morgan fingerprint density at radius 1 is 0.962 bits per heavy atom. The van der Waals surface area contributed by atoms with Crippen molar-refractivity contribution in [1.82, 2.24) is 0 Å². The lowest BCUT2D eigenvalue weighted by atomic mass is 10.2. The third-order valence-corrected chi connectivity index (χ3v) is 3.99. The van der Waals surface area contributed by atoms with E-state index in [4.69, 9.17) is 16.3 Å². The summed E-state index contributed by atoms with van der Waals surface area (Å²) >= 11 is 6.08. The normalized spacial score (nSPS) is 10.4. The quantitative estimate of drug-likeness (QED) is 0.645. The minimum absolute atomic E-state index is 0.163. The Labute approximate surface area is 154 Å². The number of benzene rings is 3. The van der Waals surface area contributed by atoms with Gasteiger partial charge in [-0.15, -0.1) is 0 Å². The minimum Gasteiger partial charge on any atom is -0.489 e. The molecule has 3 nitrogen and oxygen atoms in total. The van der Waals surface area contributed by atoms with E-state index >= 15 is 0 Å². The van der Waals surface area contributed by atoms with Gasteiger partial charge in [-0.1, -0.05) is 35.9 Å². The number of nitrogens with one attached hydrogen (secondary N) is 1. The van der Waals surface area contributed by atoms with Gasteiger partial charge in [-0.2, -0.15) is 0 Å². The number of ether oxygens (including phenoxy) is 1. The Balaban J connectivity index is 1.69. The Morgan fingerprint density at radius 2 is 1.77 bits per heavy atom. The van der Waals surface area contributed by atoms with Gasteiger partial charge in [0.2, 0.25) is 0 Å². The number of halogens is 3. The van der Waals surface area contributed by atoms with Crippen molar-refractivity contribution < 1.29 is 18.3 Å². The van der Waals surface area contributed by atoms with Crippen molar-refractivity contribution in [3.63, 3.8) is 0 Å². The zero-order valence-electron chi connectivity index (χ0n) is 13.5. The average Bonchev–Trinajstić information content (AvgIpc) is 2.64. The molecule has 0 radical (unpaired) electrons. The molecule has 3 aromatic carbocycles. The maximum atomic E-state index is 13.2. The maximum absolute atomic E-state index is 13.2. The smallest absolute Gasteiger partial charge is 0.255 e. The lowest BCUT2D eigenvalue weighted by Gasteiger charge is -2.10. The first-order valence-corrected chi connectivity index (χ1v) is 8.13. The summed E-state index contributed by atoms with van der Waals surface area (Å²) in [6.45, 7) is 0.258. The lowest BCUT2D eigenvalue weighted by Crippen LogP contribution is -2.12. The first kappa shape index (κ1) is 17.9. The molecule has 132 valence electrons. The fourth-order valence-corrected chi connectivity index (χ4v) is 2.47. The number of anilines is 1. The molecular formula is C20H14ClF2NO2. The fourth-order valence-electron chi connectivity index (χ4n) is 2.28. The second-order valence-electron chi connectivity index (χ2n) is 5.49. The monoisotopic (exact) mass is 373 g/mol. The number of carbonyl (C=O) groups is 1. The van der Waals surface area contributed by atoms with Crippen LogP contribution in [-0.2, 0) is 6.61 Å². The van der Waals surface area contributed by atoms with Crippen molar-refractivity contribution in [3.8, 4) is 5.75 Å². The Bertz CT molecular complexity index is 947. The van der Waals surface area contributed by atoms with Gasteiger partial charge >= 0.3 is 0 Å². The molecule has 26 heavy (non-hydrogen) atoms. The summed E-state index contributed by atoms with van der Waals surface area (Å²) in [5.74, 6) is -1.97. The van der Waals surface area contributed by atoms with Crippen LogP contribution >= 0.6 is 11.6 Å². The van der Waals surface area contributed by atoms with Crippen molar-refractivity contribution in [1.29, 1.82) is 0 Å². The molecule has 0 aromatic heterocycles. The predicted molar refractivity (Wildman–Crippen MR) is 96.5 cm³/mol. The molecule has 1 amide bonds. The van der Waals surface area contributed by atoms with Crippen LogP contribution in [0.15, 0.2) is 66.7 Å². The minimum atomic E-state index is -1.03. The summed E-state index contributed by atoms with van der Waals surface area (Å²) in [5.41, 5.74) is 1.31. The predicted octanol–water partition coefficient (Wildman–Crippen LogP) is 5.45. The summed E-state index contributed by atoms with van der Waals surface area (Å²) in [6, 6.07) is 17.0. The standard InChI is InChI=1S/C20H14ClF2NO2/c21-17-7-2-1-4-14(17)12-26-16-6-3-5-13(10-16)20(25)24-15-8-9-18(22)19(23)11-15/h1-11H,12H2,(H,24,25). The van der Waals surface area contributed by atoms with Crippen LogP contribution in [0.4, 0.5) is 14.5 Å². The number of carbonyl (C=O) groups excluding carboxylic acids is 1. The summed E-state index contributed by atoms with van der Waals surface area (Å²) < 4.78 is 31.9. The van der Waals surface area contributed by atoms with Crippen molar-refractivity contribution in [2.24, 2.45) is 0 Å². The van der Waals surface area contributed by atoms with E-state index in [9.17, 15) is 13.6 Å². The number of amides is 1. The number of hydrogen-bond acceptors (Lipinski definition) is 2. The summed E-state index contributed by atoms with van der Waals surface area (Å²) in [4.78, 5) is 12.3. The SMILES string of the molecule is O=C(Nc1ccc(F)c(F)c1)c1cccc(OCc2ccccc2Cl)c1. The van der Waals surface area contributed by atoms with Crippen molar-refractivity contribution >= 4 is 23.2 Å². The van der Waals surface area contributed by atoms with Gasteiger partial charge in [0.25, 0.3) is 5.91 Å². The molecule has 0 spiro atoms. The van der Waals surface area contributed by atoms with Crippen molar-refractivity contribution in [2.45, 2.75) is 6.61 Å². The molecule has 3 rings (SSSR count). The lowest BCUT2D eigenvalue weighted by molar-refractivity contribution is 0.102. The van der Waals surface area contributed by atoms with Crippen LogP contribution < -0.4 is 10.1 Å². The van der Waals surface area contributed by atoms with Gasteiger partial charge in [0, 0.05) is 27.9 Å². The largest absolute Gasteiger partial charge is 0.489 e. The zero-order valence-corrected chi connectivity index (χ0v) is 14.3. The highest BCUT2D eigenvalue weighted by molar-refractivity contribution is 6.31. The maximum Gasteiger partial charge on any atom is 0.255 e. The summed E-state index contributed by atoms with van der Waals surface area (Å²) in [6.07, 6.45) is 0. The van der Waals surface area contributed by atoms with Crippen LogP contribution in [0.3, 0.4) is 0 Å². The molecule has 0 heterocycles. The average molecular weight is 374 g/mol. The fraction of sp³-hybridized carbons (Fsp3) is 0.0500. The van der Waals surface area contributed by atoms with Crippen LogP contribution in [0, 0.1) is 11.6 Å². The highest BCUT2D eigenvalue weighted by Crippen LogP contribution is 2.20. The van der Waals surface area contributed by atoms with Gasteiger partial charge in [-0.25, -0.2) is 8.78 Å². The molecule has 0 fully saturated rings. The Morgan fingerprint density at radius 3 is 2.54 bits per heavy atom. The molecule has 0 aliphatic rings. The second-order valence-corrected chi connectivity index (χ2v) is 5.90. The second kappa shape index (κ2) is 7.97. The highest BCUT2D eigenvalue weighted by Gasteiger charge is 2.10. The summed E-state index contributed by atoms with van der Waals surface area (Å²) in [5, 5.41) is 3.11. The number of rotatable bonds is 5. The van der Waals surface area contributed by atoms with Gasteiger partial charge < -0.3 is 10.1 Å². The van der Waals surface area contributed by atoms with Gasteiger partial charge in [-0.05, 0) is 36.4 Å². The number of hydrogen-bond donors (Lipinski definition) is 1. The molecule has 0 saturated carbocycles. The van der Waals surface area contributed by atoms with E-state index in [1.54, 1.807) is 30.3 Å². The topological polar surface area (TPSA) is 38.3 Å². The highest BCUT2D eigenvalue weighted by atomic mass is 35.5. The Hall–Kier alpha value is -2.92. The van der Waals surface area contributed by atoms with E-state index in [2.05, 4.69) is 5.32 Å². The van der Waals surface area contributed by atoms with Crippen LogP contribution in [-0.4, -0.2) is 5.91 Å². The van der Waals surface area contributed by atoms with Gasteiger partial charge in [-0.3, -0.25) is 4.79 Å². The van der Waals surface area contributed by atoms with E-state index in [1.165, 1.54) is 6.07 Å². The van der Waals surface area contributed by atoms with Gasteiger partial charge in [0.05, 0.1) is 0 Å².